The Labute approximate surface area is 134 Å². The van der Waals surface area contributed by atoms with E-state index in [0.717, 1.165) is 0 Å². The van der Waals surface area contributed by atoms with Gasteiger partial charge < -0.3 is 11.5 Å². The first-order chi connectivity index (χ1) is 10.5. The number of rotatable bonds is 3. The smallest absolute Gasteiger partial charge is 0.237 e. The van der Waals surface area contributed by atoms with Crippen LogP contribution in [0.3, 0.4) is 0 Å². The monoisotopic (exact) mass is 336 g/mol. The molecule has 22 heavy (non-hydrogen) atoms. The molecule has 0 aliphatic rings. The Bertz CT molecular complexity index is 871. The van der Waals surface area contributed by atoms with Gasteiger partial charge in [0.2, 0.25) is 5.91 Å². The molecule has 0 saturated carbocycles. The third-order valence-corrected chi connectivity index (χ3v) is 3.69. The fourth-order valence-electron chi connectivity index (χ4n) is 2.16. The number of nitrogens with two attached hydrogens (primary N) is 2. The highest BCUT2D eigenvalue weighted by atomic mass is 35.5. The van der Waals surface area contributed by atoms with Gasteiger partial charge in [-0.3, -0.25) is 9.36 Å². The van der Waals surface area contributed by atoms with E-state index in [-0.39, 0.29) is 12.4 Å². The van der Waals surface area contributed by atoms with E-state index in [9.17, 15) is 4.79 Å². The van der Waals surface area contributed by atoms with Crippen molar-refractivity contribution in [1.82, 2.24) is 19.5 Å². The fourth-order valence-corrected chi connectivity index (χ4v) is 2.73. The molecule has 0 aliphatic heterocycles. The van der Waals surface area contributed by atoms with E-state index in [1.165, 1.54) is 10.9 Å². The molecule has 2 heterocycles. The van der Waals surface area contributed by atoms with Gasteiger partial charge in [-0.1, -0.05) is 29.3 Å². The first kappa shape index (κ1) is 14.6. The number of anilines is 1. The van der Waals surface area contributed by atoms with Gasteiger partial charge in [-0.2, -0.15) is 0 Å². The summed E-state index contributed by atoms with van der Waals surface area (Å²) >= 11 is 12.4. The van der Waals surface area contributed by atoms with Crippen LogP contribution in [0.4, 0.5) is 5.82 Å². The number of hydrogen-bond acceptors (Lipinski definition) is 5. The number of fused-ring (bicyclic) bond motifs is 1. The number of nitrogens with zero attached hydrogens (tertiary/aromatic N) is 4. The molecule has 0 bridgehead atoms. The Balaban J connectivity index is 2.38. The van der Waals surface area contributed by atoms with Gasteiger partial charge in [0, 0.05) is 0 Å². The minimum Gasteiger partial charge on any atom is -0.382 e. The van der Waals surface area contributed by atoms with Gasteiger partial charge >= 0.3 is 0 Å². The van der Waals surface area contributed by atoms with Crippen LogP contribution in [-0.4, -0.2) is 25.4 Å². The highest BCUT2D eigenvalue weighted by Crippen LogP contribution is 2.35. The summed E-state index contributed by atoms with van der Waals surface area (Å²) in [5.41, 5.74) is 12.3. The van der Waals surface area contributed by atoms with Crippen LogP contribution >= 0.6 is 23.2 Å². The molecule has 7 nitrogen and oxygen atoms in total. The highest BCUT2D eigenvalue weighted by Gasteiger charge is 2.21. The maximum Gasteiger partial charge on any atom is 0.237 e. The van der Waals surface area contributed by atoms with E-state index in [4.69, 9.17) is 34.7 Å². The van der Waals surface area contributed by atoms with Crippen LogP contribution in [0.5, 0.6) is 0 Å². The molecule has 3 rings (SSSR count). The summed E-state index contributed by atoms with van der Waals surface area (Å²) in [5, 5.41) is 0.778. The van der Waals surface area contributed by atoms with Crippen LogP contribution in [0, 0.1) is 0 Å². The molecule has 0 fully saturated rings. The van der Waals surface area contributed by atoms with E-state index >= 15 is 0 Å². The summed E-state index contributed by atoms with van der Waals surface area (Å²) in [6.45, 7) is -0.135. The van der Waals surface area contributed by atoms with Gasteiger partial charge in [0.25, 0.3) is 0 Å². The first-order valence-corrected chi connectivity index (χ1v) is 6.94. The molecular weight excluding hydrogens is 327 g/mol. The number of benzene rings is 1. The summed E-state index contributed by atoms with van der Waals surface area (Å²) in [6.07, 6.45) is 1.29. The Morgan fingerprint density at radius 3 is 2.55 bits per heavy atom. The van der Waals surface area contributed by atoms with Gasteiger partial charge in [-0.15, -0.1) is 0 Å². The summed E-state index contributed by atoms with van der Waals surface area (Å²) in [4.78, 5) is 23.8. The number of carbonyl (C=O) groups is 1. The number of amides is 1. The molecule has 4 N–H and O–H groups in total. The lowest BCUT2D eigenvalue weighted by Crippen LogP contribution is -2.19. The zero-order valence-corrected chi connectivity index (χ0v) is 12.6. The van der Waals surface area contributed by atoms with Crippen LogP contribution in [0.15, 0.2) is 24.5 Å². The normalized spacial score (nSPS) is 11.0. The van der Waals surface area contributed by atoms with Gasteiger partial charge in [0.05, 0.1) is 15.6 Å². The molecule has 3 aromatic rings. The Hall–Kier alpha value is -2.38. The zero-order valence-electron chi connectivity index (χ0n) is 11.1. The van der Waals surface area contributed by atoms with E-state index in [1.807, 2.05) is 0 Å². The number of primary amides is 1. The van der Waals surface area contributed by atoms with Crippen molar-refractivity contribution in [3.63, 3.8) is 0 Å². The fraction of sp³-hybridized carbons (Fsp3) is 0.0769. The van der Waals surface area contributed by atoms with E-state index in [2.05, 4.69) is 15.0 Å². The molecule has 1 aromatic carbocycles. The van der Waals surface area contributed by atoms with Crippen molar-refractivity contribution in [2.75, 3.05) is 5.73 Å². The third-order valence-electron chi connectivity index (χ3n) is 3.06. The molecule has 0 radical (unpaired) electrons. The lowest BCUT2D eigenvalue weighted by Gasteiger charge is -2.09. The molecule has 2 aromatic heterocycles. The van der Waals surface area contributed by atoms with Crippen molar-refractivity contribution in [2.45, 2.75) is 6.54 Å². The number of aromatic nitrogens is 4. The van der Waals surface area contributed by atoms with Crippen molar-refractivity contribution in [1.29, 1.82) is 0 Å². The predicted molar refractivity (Wildman–Crippen MR) is 84.4 cm³/mol. The number of imidazole rings is 1. The quantitative estimate of drug-likeness (QED) is 0.757. The third kappa shape index (κ3) is 2.34. The van der Waals surface area contributed by atoms with Crippen molar-refractivity contribution >= 4 is 46.1 Å². The summed E-state index contributed by atoms with van der Waals surface area (Å²) in [6, 6.07) is 5.06. The van der Waals surface area contributed by atoms with Crippen LogP contribution < -0.4 is 11.5 Å². The van der Waals surface area contributed by atoms with Gasteiger partial charge in [0.15, 0.2) is 17.0 Å². The highest BCUT2D eigenvalue weighted by molar-refractivity contribution is 6.39. The molecule has 0 saturated heterocycles. The van der Waals surface area contributed by atoms with Gasteiger partial charge in [-0.05, 0) is 12.1 Å². The van der Waals surface area contributed by atoms with Crippen LogP contribution in [0.25, 0.3) is 22.6 Å². The summed E-state index contributed by atoms with van der Waals surface area (Å²) < 4.78 is 1.52. The van der Waals surface area contributed by atoms with Crippen LogP contribution in [-0.2, 0) is 11.3 Å². The number of halogens is 2. The van der Waals surface area contributed by atoms with Crippen molar-refractivity contribution in [3.05, 3.63) is 34.6 Å². The maximum atomic E-state index is 11.4. The van der Waals surface area contributed by atoms with E-state index < -0.39 is 5.91 Å². The Morgan fingerprint density at radius 2 is 1.91 bits per heavy atom. The average molecular weight is 337 g/mol. The Morgan fingerprint density at radius 1 is 1.23 bits per heavy atom. The number of carbonyl (C=O) groups excluding carboxylic acids is 1. The summed E-state index contributed by atoms with van der Waals surface area (Å²) in [7, 11) is 0. The largest absolute Gasteiger partial charge is 0.382 e. The molecule has 1 amide bonds. The topological polar surface area (TPSA) is 113 Å². The molecule has 0 atom stereocenters. The predicted octanol–water partition coefficient (Wildman–Crippen LogP) is 1.87. The van der Waals surface area contributed by atoms with Gasteiger partial charge in [-0.25, -0.2) is 15.0 Å². The van der Waals surface area contributed by atoms with Gasteiger partial charge in [0.1, 0.15) is 18.7 Å². The lowest BCUT2D eigenvalue weighted by atomic mass is 10.2. The minimum atomic E-state index is -0.555. The molecule has 9 heteroatoms. The molecular formula is C13H10Cl2N6O. The maximum absolute atomic E-state index is 11.4. The number of nitrogen functional groups attached to an aromatic ring is 1. The average Bonchev–Trinajstić information content (AvgIpc) is 2.79. The number of hydrogen-bond donors (Lipinski definition) is 2. The molecule has 0 aliphatic carbocycles. The molecule has 0 unspecified atom stereocenters. The zero-order chi connectivity index (χ0) is 15.9. The van der Waals surface area contributed by atoms with Crippen LogP contribution in [0.2, 0.25) is 10.0 Å². The molecule has 112 valence electrons. The SMILES string of the molecule is NC(=O)Cn1c(-c2c(Cl)cccc2Cl)nc2c(N)ncnc21. The first-order valence-electron chi connectivity index (χ1n) is 6.18. The Kier molecular flexibility index (Phi) is 3.59. The van der Waals surface area contributed by atoms with Crippen LogP contribution in [0.1, 0.15) is 0 Å². The molecule has 0 spiro atoms. The van der Waals surface area contributed by atoms with Crippen molar-refractivity contribution in [2.24, 2.45) is 5.73 Å². The second-order valence-electron chi connectivity index (χ2n) is 4.52. The van der Waals surface area contributed by atoms with Crippen molar-refractivity contribution < 1.29 is 4.79 Å². The minimum absolute atomic E-state index is 0.135. The standard InChI is InChI=1S/C13H10Cl2N6O/c14-6-2-1-3-7(15)9(6)12-20-10-11(17)18-5-19-13(10)21(12)4-8(16)22/h1-3,5H,4H2,(H2,16,22)(H2,17,18,19). The second-order valence-corrected chi connectivity index (χ2v) is 5.33. The van der Waals surface area contributed by atoms with E-state index in [1.54, 1.807) is 18.2 Å². The second kappa shape index (κ2) is 5.43. The summed E-state index contributed by atoms with van der Waals surface area (Å²) in [5.74, 6) is -0.00449. The van der Waals surface area contributed by atoms with Crippen molar-refractivity contribution in [3.8, 4) is 11.4 Å². The lowest BCUT2D eigenvalue weighted by molar-refractivity contribution is -0.118. The van der Waals surface area contributed by atoms with E-state index in [0.29, 0.717) is 32.6 Å².